The van der Waals surface area contributed by atoms with E-state index in [4.69, 9.17) is 4.74 Å². The molecule has 0 bridgehead atoms. The number of esters is 1. The molecule has 1 atom stereocenters. The second-order valence-corrected chi connectivity index (χ2v) is 9.66. The summed E-state index contributed by atoms with van der Waals surface area (Å²) in [4.78, 5) is 25.2. The predicted molar refractivity (Wildman–Crippen MR) is 114 cm³/mol. The van der Waals surface area contributed by atoms with Gasteiger partial charge >= 0.3 is 12.1 Å². The van der Waals surface area contributed by atoms with Crippen LogP contribution in [0.4, 0.5) is 13.2 Å². The van der Waals surface area contributed by atoms with E-state index in [1.54, 1.807) is 25.1 Å². The van der Waals surface area contributed by atoms with E-state index in [0.717, 1.165) is 35.0 Å². The van der Waals surface area contributed by atoms with Crippen molar-refractivity contribution in [3.05, 3.63) is 64.7 Å². The van der Waals surface area contributed by atoms with Gasteiger partial charge in [0, 0.05) is 5.56 Å². The van der Waals surface area contributed by atoms with Gasteiger partial charge in [0.2, 0.25) is 10.0 Å². The van der Waals surface area contributed by atoms with Crippen molar-refractivity contribution in [1.29, 1.82) is 0 Å². The van der Waals surface area contributed by atoms with Crippen LogP contribution in [0, 0.1) is 6.92 Å². The smallest absolute Gasteiger partial charge is 0.416 e. The van der Waals surface area contributed by atoms with Crippen LogP contribution in [-0.4, -0.2) is 37.6 Å². The summed E-state index contributed by atoms with van der Waals surface area (Å²) in [5.41, 5.74) is -0.109. The fourth-order valence-electron chi connectivity index (χ4n) is 3.76. The van der Waals surface area contributed by atoms with E-state index >= 15 is 0 Å². The number of hydrogen-bond donors (Lipinski definition) is 0. The van der Waals surface area contributed by atoms with Crippen LogP contribution in [0.1, 0.15) is 59.3 Å². The molecule has 2 aromatic carbocycles. The van der Waals surface area contributed by atoms with Crippen LogP contribution >= 0.6 is 0 Å². The molecule has 0 fully saturated rings. The minimum absolute atomic E-state index is 0.0385. The first-order valence-corrected chi connectivity index (χ1v) is 11.9. The first-order valence-electron chi connectivity index (χ1n) is 10.4. The Morgan fingerprint density at radius 3 is 2.36 bits per heavy atom. The molecule has 2 aromatic rings. The molecule has 0 N–H and O–H groups in total. The molecule has 178 valence electrons. The van der Waals surface area contributed by atoms with E-state index in [2.05, 4.69) is 0 Å². The van der Waals surface area contributed by atoms with Crippen LogP contribution in [0.25, 0.3) is 0 Å². The molecule has 0 saturated heterocycles. The van der Waals surface area contributed by atoms with Crippen molar-refractivity contribution in [3.8, 4) is 0 Å². The Labute approximate surface area is 190 Å². The fourth-order valence-corrected chi connectivity index (χ4v) is 5.78. The number of ether oxygens (including phenoxy) is 1. The molecule has 3 rings (SSSR count). The van der Waals surface area contributed by atoms with E-state index < -0.39 is 46.1 Å². The molecule has 33 heavy (non-hydrogen) atoms. The van der Waals surface area contributed by atoms with Crippen LogP contribution in [0.3, 0.4) is 0 Å². The van der Waals surface area contributed by atoms with Crippen LogP contribution in [0.5, 0.6) is 0 Å². The monoisotopic (exact) mass is 483 g/mol. The van der Waals surface area contributed by atoms with Gasteiger partial charge in [-0.25, -0.2) is 8.42 Å². The number of hydrogen-bond acceptors (Lipinski definition) is 5. The molecular formula is C23H24F3NO5S. The minimum Gasteiger partial charge on any atom is -0.466 e. The van der Waals surface area contributed by atoms with Gasteiger partial charge in [0.1, 0.15) is 0 Å². The van der Waals surface area contributed by atoms with Crippen LogP contribution in [-0.2, 0) is 25.7 Å². The van der Waals surface area contributed by atoms with Crippen molar-refractivity contribution in [2.24, 2.45) is 0 Å². The zero-order valence-corrected chi connectivity index (χ0v) is 19.0. The number of sulfonamides is 1. The number of Topliss-reactive ketones (excluding diaryl/α,β-unsaturated/α-hetero) is 1. The second kappa shape index (κ2) is 9.64. The number of halogens is 3. The lowest BCUT2D eigenvalue weighted by atomic mass is 10.0. The summed E-state index contributed by atoms with van der Waals surface area (Å²) in [6, 6.07) is 7.50. The maximum atomic E-state index is 13.3. The second-order valence-electron chi connectivity index (χ2n) is 7.84. The zero-order valence-electron chi connectivity index (χ0n) is 18.2. The number of benzene rings is 2. The third kappa shape index (κ3) is 5.27. The summed E-state index contributed by atoms with van der Waals surface area (Å²) < 4.78 is 71.1. The van der Waals surface area contributed by atoms with Crippen LogP contribution in [0.2, 0.25) is 0 Å². The standard InChI is InChI=1S/C23H24F3NO5S/c1-3-4-12-32-21(29)13-19-18-7-5-6-15(2)22(18)33(30,31)27(19)14-20(28)16-8-10-17(11-9-16)23(24,25)26/h5-11,19H,3-4,12-14H2,1-2H3. The molecule has 0 spiro atoms. The van der Waals surface area contributed by atoms with E-state index in [-0.39, 0.29) is 23.5 Å². The highest BCUT2D eigenvalue weighted by Gasteiger charge is 2.45. The van der Waals surface area contributed by atoms with Crippen molar-refractivity contribution in [2.75, 3.05) is 13.2 Å². The molecule has 0 saturated carbocycles. The first kappa shape index (κ1) is 24.9. The molecule has 1 heterocycles. The summed E-state index contributed by atoms with van der Waals surface area (Å²) in [6.45, 7) is 3.15. The lowest BCUT2D eigenvalue weighted by Crippen LogP contribution is -2.35. The molecule has 1 aliphatic rings. The van der Waals surface area contributed by atoms with Gasteiger partial charge in [-0.05, 0) is 36.6 Å². The summed E-state index contributed by atoms with van der Waals surface area (Å²) in [5, 5.41) is 0. The summed E-state index contributed by atoms with van der Waals surface area (Å²) in [6.07, 6.45) is -3.34. The van der Waals surface area contributed by atoms with Gasteiger partial charge in [-0.3, -0.25) is 9.59 Å². The van der Waals surface area contributed by atoms with E-state index in [1.807, 2.05) is 6.92 Å². The SMILES string of the molecule is CCCCOC(=O)CC1c2cccc(C)c2S(=O)(=O)N1CC(=O)c1ccc(C(F)(F)F)cc1. The molecule has 1 aliphatic heterocycles. The number of unbranched alkanes of at least 4 members (excludes halogenated alkanes) is 1. The molecule has 0 aliphatic carbocycles. The molecule has 0 amide bonds. The molecule has 6 nitrogen and oxygen atoms in total. The number of ketones is 1. The quantitative estimate of drug-likeness (QED) is 0.310. The number of carbonyl (C=O) groups is 2. The van der Waals surface area contributed by atoms with Gasteiger partial charge in [0.25, 0.3) is 0 Å². The number of rotatable bonds is 8. The molecule has 10 heteroatoms. The third-order valence-corrected chi connectivity index (χ3v) is 7.54. The molecule has 1 unspecified atom stereocenters. The van der Waals surface area contributed by atoms with Crippen molar-refractivity contribution < 1.29 is 35.9 Å². The zero-order chi connectivity index (χ0) is 24.4. The Morgan fingerprint density at radius 2 is 1.76 bits per heavy atom. The maximum Gasteiger partial charge on any atom is 0.416 e. The highest BCUT2D eigenvalue weighted by molar-refractivity contribution is 7.89. The van der Waals surface area contributed by atoms with Crippen molar-refractivity contribution in [1.82, 2.24) is 4.31 Å². The molecule has 0 aromatic heterocycles. The largest absolute Gasteiger partial charge is 0.466 e. The number of nitrogens with zero attached hydrogens (tertiary/aromatic N) is 1. The fraction of sp³-hybridized carbons (Fsp3) is 0.391. The normalized spacial score (nSPS) is 17.5. The number of alkyl halides is 3. The Balaban J connectivity index is 1.90. The topological polar surface area (TPSA) is 80.8 Å². The number of aryl methyl sites for hydroxylation is 1. The Bertz CT molecular complexity index is 1140. The summed E-state index contributed by atoms with van der Waals surface area (Å²) >= 11 is 0. The lowest BCUT2D eigenvalue weighted by Gasteiger charge is -2.22. The minimum atomic E-state index is -4.55. The van der Waals surface area contributed by atoms with Crippen LogP contribution in [0.15, 0.2) is 47.4 Å². The van der Waals surface area contributed by atoms with E-state index in [9.17, 15) is 31.2 Å². The first-order chi connectivity index (χ1) is 15.5. The Morgan fingerprint density at radius 1 is 1.09 bits per heavy atom. The predicted octanol–water partition coefficient (Wildman–Crippen LogP) is 4.68. The van der Waals surface area contributed by atoms with Gasteiger partial charge in [0.05, 0.1) is 36.1 Å². The molecular weight excluding hydrogens is 459 g/mol. The van der Waals surface area contributed by atoms with Crippen molar-refractivity contribution in [3.63, 3.8) is 0 Å². The van der Waals surface area contributed by atoms with Gasteiger partial charge in [0.15, 0.2) is 5.78 Å². The van der Waals surface area contributed by atoms with Gasteiger partial charge < -0.3 is 4.74 Å². The average Bonchev–Trinajstić information content (AvgIpc) is 2.95. The highest BCUT2D eigenvalue weighted by atomic mass is 32.2. The summed E-state index contributed by atoms with van der Waals surface area (Å²) in [5.74, 6) is -1.27. The number of carbonyl (C=O) groups excluding carboxylic acids is 2. The van der Waals surface area contributed by atoms with Crippen molar-refractivity contribution in [2.45, 2.75) is 50.2 Å². The maximum absolute atomic E-state index is 13.3. The van der Waals surface area contributed by atoms with Crippen molar-refractivity contribution >= 4 is 21.8 Å². The third-order valence-electron chi connectivity index (χ3n) is 5.47. The van der Waals surface area contributed by atoms with Gasteiger partial charge in [-0.1, -0.05) is 43.7 Å². The lowest BCUT2D eigenvalue weighted by molar-refractivity contribution is -0.144. The van der Waals surface area contributed by atoms with Gasteiger partial charge in [-0.15, -0.1) is 0 Å². The summed E-state index contributed by atoms with van der Waals surface area (Å²) in [7, 11) is -4.11. The van der Waals surface area contributed by atoms with Crippen LogP contribution < -0.4 is 0 Å². The highest BCUT2D eigenvalue weighted by Crippen LogP contribution is 2.43. The average molecular weight is 484 g/mol. The number of fused-ring (bicyclic) bond motifs is 1. The Hall–Kier alpha value is -2.72. The Kier molecular flexibility index (Phi) is 7.28. The molecule has 0 radical (unpaired) electrons. The van der Waals surface area contributed by atoms with Gasteiger partial charge in [-0.2, -0.15) is 17.5 Å². The van der Waals surface area contributed by atoms with E-state index in [0.29, 0.717) is 17.5 Å². The van der Waals surface area contributed by atoms with E-state index in [1.165, 1.54) is 0 Å².